The Morgan fingerprint density at radius 3 is 2.71 bits per heavy atom. The second-order valence-corrected chi connectivity index (χ2v) is 8.35. The molecule has 3 heterocycles. The predicted octanol–water partition coefficient (Wildman–Crippen LogP) is 4.47. The Bertz CT molecular complexity index is 1150. The second-order valence-electron chi connectivity index (χ2n) is 6.24. The lowest BCUT2D eigenvalue weighted by Gasteiger charge is -2.19. The van der Waals surface area contributed by atoms with Gasteiger partial charge < -0.3 is 5.32 Å². The van der Waals surface area contributed by atoms with Crippen LogP contribution < -0.4 is 10.9 Å². The van der Waals surface area contributed by atoms with E-state index in [-0.39, 0.29) is 30.5 Å². The fourth-order valence-corrected chi connectivity index (χ4v) is 4.50. The highest BCUT2D eigenvalue weighted by Crippen LogP contribution is 2.25. The van der Waals surface area contributed by atoms with Crippen LogP contribution in [0.15, 0.2) is 63.7 Å². The number of hydrogen-bond acceptors (Lipinski definition) is 5. The number of fused-ring (bicyclic) bond motifs is 1. The number of thiophene rings is 2. The molecule has 1 atom stereocenters. The summed E-state index contributed by atoms with van der Waals surface area (Å²) in [6.45, 7) is 0.278. The van der Waals surface area contributed by atoms with Gasteiger partial charge in [-0.25, -0.2) is 4.98 Å². The first kappa shape index (κ1) is 18.9. The SMILES string of the molecule is O=C(CCn1cnc2sccc2c1=O)NC(c1ccc(Cl)cc1)c1ccsc1. The maximum absolute atomic E-state index is 12.6. The van der Waals surface area contributed by atoms with Crippen molar-refractivity contribution in [3.8, 4) is 0 Å². The van der Waals surface area contributed by atoms with Crippen LogP contribution in [0, 0.1) is 0 Å². The third kappa shape index (κ3) is 4.01. The topological polar surface area (TPSA) is 64.0 Å². The summed E-state index contributed by atoms with van der Waals surface area (Å²) in [4.78, 5) is 30.1. The molecule has 1 aromatic carbocycles. The largest absolute Gasteiger partial charge is 0.345 e. The van der Waals surface area contributed by atoms with Gasteiger partial charge in [0.05, 0.1) is 17.8 Å². The summed E-state index contributed by atoms with van der Waals surface area (Å²) in [5.74, 6) is -0.136. The van der Waals surface area contributed by atoms with Gasteiger partial charge in [0.25, 0.3) is 5.56 Å². The molecule has 0 fully saturated rings. The second kappa shape index (κ2) is 8.26. The molecule has 0 radical (unpaired) electrons. The molecule has 142 valence electrons. The minimum atomic E-state index is -0.259. The molecule has 8 heteroatoms. The molecule has 3 aromatic heterocycles. The molecule has 0 aliphatic heterocycles. The smallest absolute Gasteiger partial charge is 0.262 e. The van der Waals surface area contributed by atoms with Crippen molar-refractivity contribution < 1.29 is 4.79 Å². The molecule has 5 nitrogen and oxygen atoms in total. The van der Waals surface area contributed by atoms with Crippen molar-refractivity contribution in [3.05, 3.63) is 85.4 Å². The lowest BCUT2D eigenvalue weighted by molar-refractivity contribution is -0.121. The molecule has 0 saturated carbocycles. The number of benzene rings is 1. The molecule has 0 spiro atoms. The molecule has 1 N–H and O–H groups in total. The summed E-state index contributed by atoms with van der Waals surface area (Å²) in [7, 11) is 0. The van der Waals surface area contributed by atoms with Crippen molar-refractivity contribution in [2.24, 2.45) is 0 Å². The third-order valence-electron chi connectivity index (χ3n) is 4.42. The number of aryl methyl sites for hydroxylation is 1. The van der Waals surface area contributed by atoms with Crippen molar-refractivity contribution in [2.45, 2.75) is 19.0 Å². The third-order valence-corrected chi connectivity index (χ3v) is 6.19. The van der Waals surface area contributed by atoms with Gasteiger partial charge in [0, 0.05) is 18.0 Å². The van der Waals surface area contributed by atoms with E-state index >= 15 is 0 Å². The molecule has 1 unspecified atom stereocenters. The first-order valence-corrected chi connectivity index (χ1v) is 10.8. The van der Waals surface area contributed by atoms with E-state index in [0.717, 1.165) is 11.1 Å². The maximum Gasteiger partial charge on any atom is 0.262 e. The molecule has 0 aliphatic rings. The Balaban J connectivity index is 1.49. The van der Waals surface area contributed by atoms with E-state index < -0.39 is 0 Å². The zero-order chi connectivity index (χ0) is 19.5. The summed E-state index contributed by atoms with van der Waals surface area (Å²) in [5.41, 5.74) is 1.85. The average molecular weight is 430 g/mol. The van der Waals surface area contributed by atoms with E-state index in [4.69, 9.17) is 11.6 Å². The average Bonchev–Trinajstić information content (AvgIpc) is 3.38. The van der Waals surface area contributed by atoms with Gasteiger partial charge in [0.1, 0.15) is 4.83 Å². The molecular weight excluding hydrogens is 414 g/mol. The first-order valence-electron chi connectivity index (χ1n) is 8.61. The van der Waals surface area contributed by atoms with Crippen LogP contribution in [0.2, 0.25) is 5.02 Å². The van der Waals surface area contributed by atoms with E-state index in [2.05, 4.69) is 10.3 Å². The van der Waals surface area contributed by atoms with E-state index in [0.29, 0.717) is 15.2 Å². The monoisotopic (exact) mass is 429 g/mol. The molecule has 0 bridgehead atoms. The number of aromatic nitrogens is 2. The number of amides is 1. The van der Waals surface area contributed by atoms with Crippen LogP contribution in [0.1, 0.15) is 23.6 Å². The van der Waals surface area contributed by atoms with Gasteiger partial charge in [0.2, 0.25) is 5.91 Å². The van der Waals surface area contributed by atoms with Crippen LogP contribution in [0.5, 0.6) is 0 Å². The highest BCUT2D eigenvalue weighted by molar-refractivity contribution is 7.16. The van der Waals surface area contributed by atoms with Crippen molar-refractivity contribution in [2.75, 3.05) is 0 Å². The highest BCUT2D eigenvalue weighted by atomic mass is 35.5. The Morgan fingerprint density at radius 1 is 1.14 bits per heavy atom. The van der Waals surface area contributed by atoms with Crippen LogP contribution >= 0.6 is 34.3 Å². The molecular formula is C20H16ClN3O2S2. The van der Waals surface area contributed by atoms with Gasteiger partial charge in [-0.15, -0.1) is 11.3 Å². The molecule has 28 heavy (non-hydrogen) atoms. The van der Waals surface area contributed by atoms with Gasteiger partial charge >= 0.3 is 0 Å². The van der Waals surface area contributed by atoms with Gasteiger partial charge in [0.15, 0.2) is 0 Å². The standard InChI is InChI=1S/C20H16ClN3O2S2/c21-15-3-1-13(2-4-15)18(14-6-9-27-11-14)23-17(25)5-8-24-12-22-19-16(20(24)26)7-10-28-19/h1-4,6-7,9-12,18H,5,8H2,(H,23,25). The normalized spacial score (nSPS) is 12.2. The lowest BCUT2D eigenvalue weighted by atomic mass is 10.0. The number of nitrogens with zero attached hydrogens (tertiary/aromatic N) is 2. The van der Waals surface area contributed by atoms with E-state index in [9.17, 15) is 9.59 Å². The summed E-state index contributed by atoms with van der Waals surface area (Å²) >= 11 is 8.99. The predicted molar refractivity (Wildman–Crippen MR) is 114 cm³/mol. The van der Waals surface area contributed by atoms with Crippen molar-refractivity contribution in [1.29, 1.82) is 0 Å². The Hall–Kier alpha value is -2.48. The Kier molecular flexibility index (Phi) is 5.57. The van der Waals surface area contributed by atoms with E-state index in [1.165, 1.54) is 22.2 Å². The Morgan fingerprint density at radius 2 is 1.96 bits per heavy atom. The van der Waals surface area contributed by atoms with Crippen LogP contribution in [-0.2, 0) is 11.3 Å². The summed E-state index contributed by atoms with van der Waals surface area (Å²) < 4.78 is 1.48. The van der Waals surface area contributed by atoms with Gasteiger partial charge in [-0.2, -0.15) is 11.3 Å². The van der Waals surface area contributed by atoms with Crippen LogP contribution in [0.4, 0.5) is 0 Å². The van der Waals surface area contributed by atoms with Gasteiger partial charge in [-0.05, 0) is 51.5 Å². The van der Waals surface area contributed by atoms with Crippen molar-refractivity contribution in [1.82, 2.24) is 14.9 Å². The summed E-state index contributed by atoms with van der Waals surface area (Å²) in [6, 6.07) is 10.9. The maximum atomic E-state index is 12.6. The molecule has 0 aliphatic carbocycles. The summed E-state index contributed by atoms with van der Waals surface area (Å²) in [5, 5.41) is 10.1. The molecule has 4 aromatic rings. The minimum Gasteiger partial charge on any atom is -0.345 e. The highest BCUT2D eigenvalue weighted by Gasteiger charge is 2.17. The van der Waals surface area contributed by atoms with Crippen LogP contribution in [0.25, 0.3) is 10.2 Å². The number of carbonyl (C=O) groups is 1. The number of halogens is 1. The zero-order valence-corrected chi connectivity index (χ0v) is 17.1. The molecule has 4 rings (SSSR count). The quantitative estimate of drug-likeness (QED) is 0.491. The lowest BCUT2D eigenvalue weighted by Crippen LogP contribution is -2.31. The number of hydrogen-bond donors (Lipinski definition) is 1. The van der Waals surface area contributed by atoms with Crippen molar-refractivity contribution in [3.63, 3.8) is 0 Å². The number of rotatable bonds is 6. The Labute approximate surface area is 174 Å². The fourth-order valence-electron chi connectivity index (χ4n) is 2.96. The number of carbonyl (C=O) groups excluding carboxylic acids is 1. The van der Waals surface area contributed by atoms with Crippen LogP contribution in [-0.4, -0.2) is 15.5 Å². The number of nitrogens with one attached hydrogen (secondary N) is 1. The van der Waals surface area contributed by atoms with Gasteiger partial charge in [-0.3, -0.25) is 14.2 Å². The van der Waals surface area contributed by atoms with Gasteiger partial charge in [-0.1, -0.05) is 23.7 Å². The van der Waals surface area contributed by atoms with E-state index in [1.807, 2.05) is 46.5 Å². The van der Waals surface area contributed by atoms with E-state index in [1.54, 1.807) is 17.4 Å². The first-order chi connectivity index (χ1) is 13.6. The minimum absolute atomic E-state index is 0.119. The molecule has 1 amide bonds. The van der Waals surface area contributed by atoms with Crippen LogP contribution in [0.3, 0.4) is 0 Å². The fraction of sp³-hybridized carbons (Fsp3) is 0.150. The summed E-state index contributed by atoms with van der Waals surface area (Å²) in [6.07, 6.45) is 1.69. The zero-order valence-electron chi connectivity index (χ0n) is 14.7. The van der Waals surface area contributed by atoms with Crippen molar-refractivity contribution >= 4 is 50.4 Å². The molecule has 0 saturated heterocycles.